The molecule has 2 aromatic rings. The minimum absolute atomic E-state index is 0.0523. The van der Waals surface area contributed by atoms with Crippen LogP contribution in [0.25, 0.3) is 0 Å². The molecule has 0 spiro atoms. The molecule has 2 aromatic heterocycles. The van der Waals surface area contributed by atoms with E-state index in [1.165, 1.54) is 11.8 Å². The lowest BCUT2D eigenvalue weighted by atomic mass is 10.4. The van der Waals surface area contributed by atoms with Crippen LogP contribution in [0.15, 0.2) is 34.7 Å². The van der Waals surface area contributed by atoms with Crippen LogP contribution >= 0.6 is 23.1 Å². The number of rotatable bonds is 7. The summed E-state index contributed by atoms with van der Waals surface area (Å²) in [4.78, 5) is 24.1. The summed E-state index contributed by atoms with van der Waals surface area (Å²) in [5.74, 6) is 0.533. The molecule has 0 aliphatic rings. The van der Waals surface area contributed by atoms with Gasteiger partial charge in [0, 0.05) is 11.3 Å². The Morgan fingerprint density at radius 3 is 2.73 bits per heavy atom. The SMILES string of the molecule is CCC(=O)Nc1ccc(SCC(=O)NCc2cccs2)nn1. The zero-order valence-electron chi connectivity index (χ0n) is 12.0. The van der Waals surface area contributed by atoms with Gasteiger partial charge in [-0.05, 0) is 23.6 Å². The van der Waals surface area contributed by atoms with Gasteiger partial charge in [-0.1, -0.05) is 24.8 Å². The van der Waals surface area contributed by atoms with Crippen molar-refractivity contribution in [3.05, 3.63) is 34.5 Å². The molecule has 2 rings (SSSR count). The maximum Gasteiger partial charge on any atom is 0.230 e. The molecule has 116 valence electrons. The third-order valence-corrected chi connectivity index (χ3v) is 4.42. The van der Waals surface area contributed by atoms with E-state index >= 15 is 0 Å². The molecule has 0 aliphatic heterocycles. The van der Waals surface area contributed by atoms with Crippen molar-refractivity contribution in [2.75, 3.05) is 11.1 Å². The molecule has 0 saturated heterocycles. The first-order valence-corrected chi connectivity index (χ1v) is 8.59. The van der Waals surface area contributed by atoms with Crippen LogP contribution in [0.2, 0.25) is 0 Å². The van der Waals surface area contributed by atoms with E-state index in [0.29, 0.717) is 23.8 Å². The van der Waals surface area contributed by atoms with E-state index in [1.807, 2.05) is 17.5 Å². The van der Waals surface area contributed by atoms with Crippen molar-refractivity contribution in [3.63, 3.8) is 0 Å². The molecule has 6 nitrogen and oxygen atoms in total. The summed E-state index contributed by atoms with van der Waals surface area (Å²) in [6, 6.07) is 7.34. The number of nitrogens with zero attached hydrogens (tertiary/aromatic N) is 2. The summed E-state index contributed by atoms with van der Waals surface area (Å²) in [6.45, 7) is 2.31. The van der Waals surface area contributed by atoms with E-state index in [9.17, 15) is 9.59 Å². The molecule has 8 heteroatoms. The number of amides is 2. The van der Waals surface area contributed by atoms with Crippen LogP contribution in [0.3, 0.4) is 0 Å². The lowest BCUT2D eigenvalue weighted by Gasteiger charge is -2.04. The number of nitrogens with one attached hydrogen (secondary N) is 2. The Labute approximate surface area is 136 Å². The summed E-state index contributed by atoms with van der Waals surface area (Å²) in [7, 11) is 0. The molecular formula is C14H16N4O2S2. The number of anilines is 1. The van der Waals surface area contributed by atoms with E-state index < -0.39 is 0 Å². The monoisotopic (exact) mass is 336 g/mol. The fraction of sp³-hybridized carbons (Fsp3) is 0.286. The highest BCUT2D eigenvalue weighted by Gasteiger charge is 2.06. The Kier molecular flexibility index (Phi) is 6.35. The number of thioether (sulfide) groups is 1. The van der Waals surface area contributed by atoms with Crippen molar-refractivity contribution < 1.29 is 9.59 Å². The molecule has 22 heavy (non-hydrogen) atoms. The van der Waals surface area contributed by atoms with Gasteiger partial charge in [-0.3, -0.25) is 9.59 Å². The molecule has 2 amide bonds. The average molecular weight is 336 g/mol. The first kappa shape index (κ1) is 16.4. The summed E-state index contributed by atoms with van der Waals surface area (Å²) in [6.07, 6.45) is 0.391. The van der Waals surface area contributed by atoms with Crippen molar-refractivity contribution in [1.29, 1.82) is 0 Å². The summed E-state index contributed by atoms with van der Waals surface area (Å²) in [5.41, 5.74) is 0. The largest absolute Gasteiger partial charge is 0.350 e. The molecule has 0 radical (unpaired) electrons. The molecular weight excluding hydrogens is 320 g/mol. The Hall–Kier alpha value is -1.93. The Morgan fingerprint density at radius 1 is 1.23 bits per heavy atom. The second-order valence-electron chi connectivity index (χ2n) is 4.30. The molecule has 0 fully saturated rings. The third-order valence-electron chi connectivity index (χ3n) is 2.62. The topological polar surface area (TPSA) is 84.0 Å². The van der Waals surface area contributed by atoms with Crippen molar-refractivity contribution in [3.8, 4) is 0 Å². The number of carbonyl (C=O) groups excluding carboxylic acids is 2. The number of hydrogen-bond acceptors (Lipinski definition) is 6. The van der Waals surface area contributed by atoms with Gasteiger partial charge in [0.1, 0.15) is 5.03 Å². The number of aromatic nitrogens is 2. The summed E-state index contributed by atoms with van der Waals surface area (Å²) < 4.78 is 0. The Bertz CT molecular complexity index is 614. The van der Waals surface area contributed by atoms with Crippen LogP contribution < -0.4 is 10.6 Å². The molecule has 0 bridgehead atoms. The first-order chi connectivity index (χ1) is 10.7. The Morgan fingerprint density at radius 2 is 2.09 bits per heavy atom. The number of thiophene rings is 1. The normalized spacial score (nSPS) is 10.2. The van der Waals surface area contributed by atoms with Crippen LogP contribution in [0, 0.1) is 0 Å². The highest BCUT2D eigenvalue weighted by atomic mass is 32.2. The molecule has 0 aromatic carbocycles. The van der Waals surface area contributed by atoms with E-state index in [0.717, 1.165) is 4.88 Å². The standard InChI is InChI=1S/C14H16N4O2S2/c1-2-12(19)16-11-5-6-14(18-17-11)22-9-13(20)15-8-10-4-3-7-21-10/h3-7H,2,8-9H2,1H3,(H,15,20)(H,16,17,19). The zero-order chi connectivity index (χ0) is 15.8. The van der Waals surface area contributed by atoms with Gasteiger partial charge in [0.2, 0.25) is 11.8 Å². The predicted molar refractivity (Wildman–Crippen MR) is 87.8 cm³/mol. The number of carbonyl (C=O) groups is 2. The Balaban J connectivity index is 1.74. The van der Waals surface area contributed by atoms with Gasteiger partial charge in [-0.25, -0.2) is 0 Å². The summed E-state index contributed by atoms with van der Waals surface area (Å²) >= 11 is 2.91. The lowest BCUT2D eigenvalue weighted by Crippen LogP contribution is -2.24. The van der Waals surface area contributed by atoms with Gasteiger partial charge in [-0.2, -0.15) is 0 Å². The van der Waals surface area contributed by atoms with Crippen LogP contribution in [0.4, 0.5) is 5.82 Å². The van der Waals surface area contributed by atoms with Gasteiger partial charge in [0.25, 0.3) is 0 Å². The zero-order valence-corrected chi connectivity index (χ0v) is 13.7. The molecule has 0 atom stereocenters. The minimum Gasteiger partial charge on any atom is -0.350 e. The smallest absolute Gasteiger partial charge is 0.230 e. The highest BCUT2D eigenvalue weighted by molar-refractivity contribution is 7.99. The molecule has 2 heterocycles. The van der Waals surface area contributed by atoms with E-state index in [1.54, 1.807) is 30.4 Å². The van der Waals surface area contributed by atoms with Crippen molar-refractivity contribution in [1.82, 2.24) is 15.5 Å². The van der Waals surface area contributed by atoms with Crippen molar-refractivity contribution >= 4 is 40.7 Å². The van der Waals surface area contributed by atoms with Crippen LogP contribution in [0.1, 0.15) is 18.2 Å². The molecule has 0 saturated carbocycles. The maximum absolute atomic E-state index is 11.7. The molecule has 0 unspecified atom stereocenters. The predicted octanol–water partition coefficient (Wildman–Crippen LogP) is 2.30. The van der Waals surface area contributed by atoms with E-state index in [2.05, 4.69) is 20.8 Å². The van der Waals surface area contributed by atoms with Gasteiger partial charge in [0.05, 0.1) is 12.3 Å². The van der Waals surface area contributed by atoms with Crippen LogP contribution in [-0.4, -0.2) is 27.8 Å². The van der Waals surface area contributed by atoms with Gasteiger partial charge in [0.15, 0.2) is 5.82 Å². The van der Waals surface area contributed by atoms with Gasteiger partial charge in [-0.15, -0.1) is 21.5 Å². The maximum atomic E-state index is 11.7. The average Bonchev–Trinajstić information content (AvgIpc) is 3.05. The number of hydrogen-bond donors (Lipinski definition) is 2. The highest BCUT2D eigenvalue weighted by Crippen LogP contribution is 2.15. The van der Waals surface area contributed by atoms with Gasteiger partial charge >= 0.3 is 0 Å². The summed E-state index contributed by atoms with van der Waals surface area (Å²) in [5, 5.41) is 15.9. The van der Waals surface area contributed by atoms with Crippen molar-refractivity contribution in [2.24, 2.45) is 0 Å². The van der Waals surface area contributed by atoms with E-state index in [-0.39, 0.29) is 17.6 Å². The van der Waals surface area contributed by atoms with E-state index in [4.69, 9.17) is 0 Å². The first-order valence-electron chi connectivity index (χ1n) is 6.73. The van der Waals surface area contributed by atoms with Gasteiger partial charge < -0.3 is 10.6 Å². The lowest BCUT2D eigenvalue weighted by molar-refractivity contribution is -0.118. The van der Waals surface area contributed by atoms with Crippen molar-refractivity contribution in [2.45, 2.75) is 24.9 Å². The fourth-order valence-corrected chi connectivity index (χ4v) is 2.77. The fourth-order valence-electron chi connectivity index (χ4n) is 1.48. The van der Waals surface area contributed by atoms with Crippen LogP contribution in [0.5, 0.6) is 0 Å². The second-order valence-corrected chi connectivity index (χ2v) is 6.33. The minimum atomic E-state index is -0.109. The molecule has 0 aliphatic carbocycles. The van der Waals surface area contributed by atoms with Crippen LogP contribution in [-0.2, 0) is 16.1 Å². The third kappa shape index (κ3) is 5.45. The second kappa shape index (κ2) is 8.50. The molecule has 2 N–H and O–H groups in total. The quantitative estimate of drug-likeness (QED) is 0.758.